The highest BCUT2D eigenvalue weighted by Gasteiger charge is 2.20. The summed E-state index contributed by atoms with van der Waals surface area (Å²) in [5.74, 6) is 0. The largest absolute Gasteiger partial charge is 0.309 e. The number of benzene rings is 7. The Morgan fingerprint density at radius 3 is 1.57 bits per heavy atom. The second kappa shape index (κ2) is 9.07. The van der Waals surface area contributed by atoms with E-state index in [-0.39, 0.29) is 0 Å². The minimum absolute atomic E-state index is 1.18. The minimum Gasteiger partial charge on any atom is -0.309 e. The normalized spacial score (nSPS) is 12.3. The molecule has 4 aromatic heterocycles. The summed E-state index contributed by atoms with van der Waals surface area (Å²) in [5, 5.41) is 10.5. The van der Waals surface area contributed by atoms with Crippen molar-refractivity contribution in [3.8, 4) is 11.4 Å². The fourth-order valence-electron chi connectivity index (χ4n) is 7.75. The van der Waals surface area contributed by atoms with Crippen LogP contribution in [0.4, 0.5) is 0 Å². The van der Waals surface area contributed by atoms with Crippen LogP contribution in [0.25, 0.3) is 95.3 Å². The van der Waals surface area contributed by atoms with Crippen molar-refractivity contribution in [2.75, 3.05) is 0 Å². The average Bonchev–Trinajstić information content (AvgIpc) is 3.85. The Labute approximate surface area is 271 Å². The lowest BCUT2D eigenvalue weighted by Gasteiger charge is -2.10. The van der Waals surface area contributed by atoms with Crippen LogP contribution in [0.3, 0.4) is 0 Å². The van der Waals surface area contributed by atoms with Gasteiger partial charge in [0.05, 0.1) is 22.1 Å². The summed E-state index contributed by atoms with van der Waals surface area (Å²) in [5.41, 5.74) is 7.31. The predicted molar refractivity (Wildman–Crippen MR) is 201 cm³/mol. The van der Waals surface area contributed by atoms with E-state index in [1.165, 1.54) is 95.3 Å². The maximum absolute atomic E-state index is 2.48. The SMILES string of the molecule is c1ccc2c(c1)sc1ccc(-n3c4ccc(-n5c6ccccc6c6ccccc65)cc4c4c5sc6ccccc6c5ccc43)cc12. The zero-order chi connectivity index (χ0) is 29.9. The summed E-state index contributed by atoms with van der Waals surface area (Å²) >= 11 is 3.78. The van der Waals surface area contributed by atoms with Gasteiger partial charge in [-0.1, -0.05) is 78.9 Å². The number of rotatable bonds is 2. The second-order valence-electron chi connectivity index (χ2n) is 12.1. The number of nitrogens with zero attached hydrogens (tertiary/aromatic N) is 2. The van der Waals surface area contributed by atoms with Crippen molar-refractivity contribution >= 4 is 107 Å². The Hall–Kier alpha value is -5.42. The van der Waals surface area contributed by atoms with E-state index in [1.54, 1.807) is 0 Å². The third-order valence-corrected chi connectivity index (χ3v) is 12.1. The van der Waals surface area contributed by atoms with Gasteiger partial charge in [0.15, 0.2) is 0 Å². The van der Waals surface area contributed by atoms with Gasteiger partial charge in [0.25, 0.3) is 0 Å². The molecule has 0 atom stereocenters. The number of fused-ring (bicyclic) bond motifs is 13. The zero-order valence-electron chi connectivity index (χ0n) is 24.6. The Bertz CT molecular complexity index is 2990. The van der Waals surface area contributed by atoms with Gasteiger partial charge in [-0.15, -0.1) is 22.7 Å². The maximum atomic E-state index is 2.48. The van der Waals surface area contributed by atoms with Crippen LogP contribution in [-0.4, -0.2) is 9.13 Å². The number of hydrogen-bond acceptors (Lipinski definition) is 2. The molecule has 0 spiro atoms. The molecule has 4 heterocycles. The van der Waals surface area contributed by atoms with Gasteiger partial charge in [0, 0.05) is 73.3 Å². The molecule has 4 heteroatoms. The van der Waals surface area contributed by atoms with Crippen LogP contribution in [0.2, 0.25) is 0 Å². The molecule has 0 unspecified atom stereocenters. The number of hydrogen-bond donors (Lipinski definition) is 0. The van der Waals surface area contributed by atoms with Gasteiger partial charge < -0.3 is 9.13 Å². The molecule has 7 aromatic carbocycles. The van der Waals surface area contributed by atoms with Crippen LogP contribution < -0.4 is 0 Å². The summed E-state index contributed by atoms with van der Waals surface area (Å²) in [6.07, 6.45) is 0. The summed E-state index contributed by atoms with van der Waals surface area (Å²) < 4.78 is 10.3. The van der Waals surface area contributed by atoms with Gasteiger partial charge in [0.1, 0.15) is 0 Å². The van der Waals surface area contributed by atoms with E-state index < -0.39 is 0 Å². The quantitative estimate of drug-likeness (QED) is 0.182. The van der Waals surface area contributed by atoms with Crippen LogP contribution in [0, 0.1) is 0 Å². The molecule has 0 N–H and O–H groups in total. The van der Waals surface area contributed by atoms with Crippen molar-refractivity contribution < 1.29 is 0 Å². The van der Waals surface area contributed by atoms with Crippen LogP contribution in [0.1, 0.15) is 0 Å². The zero-order valence-corrected chi connectivity index (χ0v) is 26.2. The Kier molecular flexibility index (Phi) is 4.90. The fourth-order valence-corrected chi connectivity index (χ4v) is 10.1. The smallest absolute Gasteiger partial charge is 0.0555 e. The van der Waals surface area contributed by atoms with Crippen LogP contribution in [-0.2, 0) is 0 Å². The van der Waals surface area contributed by atoms with Gasteiger partial charge >= 0.3 is 0 Å². The molecule has 2 nitrogen and oxygen atoms in total. The standard InChI is InChI=1S/C42H24N2S2/c1-5-13-34-27(9-1)28-10-2-6-14-35(28)43(34)25-17-20-36-33(24-25)41-37(21-19-31-29-11-3-8-16-39(29)46-42(31)41)44(36)26-18-22-40-32(23-26)30-12-4-7-15-38(30)45-40/h1-24H. The first-order valence-electron chi connectivity index (χ1n) is 15.6. The number of para-hydroxylation sites is 2. The summed E-state index contributed by atoms with van der Waals surface area (Å²) in [6, 6.07) is 53.9. The highest BCUT2D eigenvalue weighted by molar-refractivity contribution is 7.27. The monoisotopic (exact) mass is 620 g/mol. The van der Waals surface area contributed by atoms with E-state index in [0.717, 1.165) is 0 Å². The maximum Gasteiger partial charge on any atom is 0.0555 e. The van der Waals surface area contributed by atoms with Crippen LogP contribution >= 0.6 is 22.7 Å². The van der Waals surface area contributed by atoms with Gasteiger partial charge in [-0.25, -0.2) is 0 Å². The van der Waals surface area contributed by atoms with Crippen molar-refractivity contribution in [3.63, 3.8) is 0 Å². The first-order valence-corrected chi connectivity index (χ1v) is 17.2. The molecule has 0 amide bonds. The third-order valence-electron chi connectivity index (χ3n) is 9.71. The van der Waals surface area contributed by atoms with Crippen molar-refractivity contribution in [2.24, 2.45) is 0 Å². The molecule has 0 fully saturated rings. The lowest BCUT2D eigenvalue weighted by molar-refractivity contribution is 1.17. The molecule has 11 aromatic rings. The molecule has 0 saturated heterocycles. The number of thiophene rings is 2. The van der Waals surface area contributed by atoms with Crippen molar-refractivity contribution in [1.82, 2.24) is 9.13 Å². The van der Waals surface area contributed by atoms with Crippen LogP contribution in [0.15, 0.2) is 146 Å². The van der Waals surface area contributed by atoms with Crippen molar-refractivity contribution in [3.05, 3.63) is 146 Å². The molecule has 11 rings (SSSR count). The predicted octanol–water partition coefficient (Wildman–Crippen LogP) is 12.6. The first kappa shape index (κ1) is 24.8. The highest BCUT2D eigenvalue weighted by Crippen LogP contribution is 2.45. The molecule has 0 radical (unpaired) electrons. The first-order chi connectivity index (χ1) is 22.8. The highest BCUT2D eigenvalue weighted by atomic mass is 32.1. The van der Waals surface area contributed by atoms with Gasteiger partial charge in [-0.2, -0.15) is 0 Å². The van der Waals surface area contributed by atoms with Crippen molar-refractivity contribution in [2.45, 2.75) is 0 Å². The topological polar surface area (TPSA) is 9.86 Å². The van der Waals surface area contributed by atoms with E-state index in [0.29, 0.717) is 0 Å². The van der Waals surface area contributed by atoms with Gasteiger partial charge in [-0.3, -0.25) is 0 Å². The molecule has 46 heavy (non-hydrogen) atoms. The van der Waals surface area contributed by atoms with E-state index in [4.69, 9.17) is 0 Å². The second-order valence-corrected chi connectivity index (χ2v) is 14.3. The lowest BCUT2D eigenvalue weighted by atomic mass is 10.1. The Morgan fingerprint density at radius 1 is 0.326 bits per heavy atom. The van der Waals surface area contributed by atoms with Gasteiger partial charge in [0.2, 0.25) is 0 Å². The van der Waals surface area contributed by atoms with E-state index in [9.17, 15) is 0 Å². The average molecular weight is 621 g/mol. The molecule has 0 aliphatic heterocycles. The minimum atomic E-state index is 1.18. The van der Waals surface area contributed by atoms with E-state index in [2.05, 4.69) is 155 Å². The lowest BCUT2D eigenvalue weighted by Crippen LogP contribution is -1.95. The Morgan fingerprint density at radius 2 is 0.826 bits per heavy atom. The molecule has 0 saturated carbocycles. The fraction of sp³-hybridized carbons (Fsp3) is 0. The summed E-state index contributed by atoms with van der Waals surface area (Å²) in [4.78, 5) is 0. The number of aromatic nitrogens is 2. The molecule has 0 aliphatic carbocycles. The molecular weight excluding hydrogens is 597 g/mol. The van der Waals surface area contributed by atoms with Gasteiger partial charge in [-0.05, 0) is 66.7 Å². The molecular formula is C42H24N2S2. The van der Waals surface area contributed by atoms with E-state index >= 15 is 0 Å². The molecule has 0 bridgehead atoms. The van der Waals surface area contributed by atoms with E-state index in [1.807, 2.05) is 22.7 Å². The Balaban J connectivity index is 1.28. The summed E-state index contributed by atoms with van der Waals surface area (Å²) in [6.45, 7) is 0. The van der Waals surface area contributed by atoms with Crippen LogP contribution in [0.5, 0.6) is 0 Å². The summed E-state index contributed by atoms with van der Waals surface area (Å²) in [7, 11) is 0. The van der Waals surface area contributed by atoms with Crippen molar-refractivity contribution in [1.29, 1.82) is 0 Å². The third kappa shape index (κ3) is 3.24. The molecule has 214 valence electrons. The molecule has 0 aliphatic rings.